The summed E-state index contributed by atoms with van der Waals surface area (Å²) in [5, 5.41) is 3.92. The van der Waals surface area contributed by atoms with Gasteiger partial charge >= 0.3 is 0 Å². The highest BCUT2D eigenvalue weighted by Crippen LogP contribution is 2.35. The van der Waals surface area contributed by atoms with Gasteiger partial charge in [0.25, 0.3) is 0 Å². The Kier molecular flexibility index (Phi) is 3.62. The van der Waals surface area contributed by atoms with Gasteiger partial charge in [-0.15, -0.1) is 0 Å². The number of rotatable bonds is 4. The van der Waals surface area contributed by atoms with Crippen molar-refractivity contribution >= 4 is 0 Å². The van der Waals surface area contributed by atoms with Gasteiger partial charge in [0.2, 0.25) is 11.7 Å². The number of benzene rings is 1. The molecule has 5 nitrogen and oxygen atoms in total. The van der Waals surface area contributed by atoms with E-state index >= 15 is 0 Å². The van der Waals surface area contributed by atoms with Crippen LogP contribution in [0.2, 0.25) is 0 Å². The smallest absolute Gasteiger partial charge is 0.240 e. The van der Waals surface area contributed by atoms with Crippen LogP contribution in [0.25, 0.3) is 11.4 Å². The van der Waals surface area contributed by atoms with E-state index in [1.807, 2.05) is 18.2 Å². The lowest BCUT2D eigenvalue weighted by Gasteiger charge is -2.13. The molecule has 96 valence electrons. The molecule has 5 heteroatoms. The summed E-state index contributed by atoms with van der Waals surface area (Å²) in [7, 11) is 1.65. The maximum absolute atomic E-state index is 5.48. The quantitative estimate of drug-likeness (QED) is 0.897. The van der Waals surface area contributed by atoms with Crippen LogP contribution in [0.4, 0.5) is 0 Å². The van der Waals surface area contributed by atoms with Crippen LogP contribution < -0.4 is 10.5 Å². The van der Waals surface area contributed by atoms with Gasteiger partial charge in [0.05, 0.1) is 19.2 Å². The highest BCUT2D eigenvalue weighted by molar-refractivity contribution is 5.66. The summed E-state index contributed by atoms with van der Waals surface area (Å²) < 4.78 is 10.5. The molecule has 2 aromatic rings. The minimum Gasteiger partial charge on any atom is -0.496 e. The van der Waals surface area contributed by atoms with Crippen molar-refractivity contribution in [1.29, 1.82) is 0 Å². The lowest BCUT2D eigenvalue weighted by atomic mass is 9.99. The van der Waals surface area contributed by atoms with Gasteiger partial charge in [-0.2, -0.15) is 4.98 Å². The van der Waals surface area contributed by atoms with Crippen LogP contribution in [0.1, 0.15) is 31.2 Å². The average molecular weight is 247 g/mol. The van der Waals surface area contributed by atoms with Gasteiger partial charge in [-0.05, 0) is 17.5 Å². The average Bonchev–Trinajstić information content (AvgIpc) is 2.86. The molecule has 0 aliphatic heterocycles. The molecule has 0 fully saturated rings. The van der Waals surface area contributed by atoms with Crippen LogP contribution in [0.5, 0.6) is 5.75 Å². The van der Waals surface area contributed by atoms with E-state index in [0.717, 1.165) is 16.9 Å². The van der Waals surface area contributed by atoms with Crippen molar-refractivity contribution in [1.82, 2.24) is 10.1 Å². The zero-order valence-corrected chi connectivity index (χ0v) is 10.8. The predicted molar refractivity (Wildman–Crippen MR) is 68.3 cm³/mol. The van der Waals surface area contributed by atoms with Gasteiger partial charge in [-0.1, -0.05) is 31.1 Å². The summed E-state index contributed by atoms with van der Waals surface area (Å²) in [6.07, 6.45) is 0. The normalized spacial score (nSPS) is 10.9. The van der Waals surface area contributed by atoms with Crippen LogP contribution in [0.15, 0.2) is 22.7 Å². The third kappa shape index (κ3) is 2.22. The van der Waals surface area contributed by atoms with Crippen molar-refractivity contribution in [3.05, 3.63) is 29.7 Å². The third-order valence-corrected chi connectivity index (χ3v) is 2.76. The fourth-order valence-corrected chi connectivity index (χ4v) is 1.86. The van der Waals surface area contributed by atoms with Crippen LogP contribution >= 0.6 is 0 Å². The summed E-state index contributed by atoms with van der Waals surface area (Å²) in [5.74, 6) is 2.08. The van der Waals surface area contributed by atoms with Crippen LogP contribution in [0.3, 0.4) is 0 Å². The number of ether oxygens (including phenoxy) is 1. The lowest BCUT2D eigenvalue weighted by Crippen LogP contribution is -1.98. The molecule has 0 atom stereocenters. The minimum atomic E-state index is 0.235. The number of hydrogen-bond acceptors (Lipinski definition) is 5. The maximum Gasteiger partial charge on any atom is 0.240 e. The van der Waals surface area contributed by atoms with Crippen LogP contribution in [0, 0.1) is 0 Å². The van der Waals surface area contributed by atoms with Crippen molar-refractivity contribution in [2.24, 2.45) is 5.73 Å². The van der Waals surface area contributed by atoms with Crippen LogP contribution in [-0.4, -0.2) is 17.3 Å². The third-order valence-electron chi connectivity index (χ3n) is 2.76. The van der Waals surface area contributed by atoms with Gasteiger partial charge < -0.3 is 15.0 Å². The summed E-state index contributed by atoms with van der Waals surface area (Å²) in [5.41, 5.74) is 7.41. The zero-order valence-electron chi connectivity index (χ0n) is 10.8. The first-order chi connectivity index (χ1) is 8.67. The fraction of sp³-hybridized carbons (Fsp3) is 0.385. The van der Waals surface area contributed by atoms with E-state index in [1.165, 1.54) is 0 Å². The molecule has 0 saturated heterocycles. The topological polar surface area (TPSA) is 74.2 Å². The van der Waals surface area contributed by atoms with E-state index in [0.29, 0.717) is 17.6 Å². The molecule has 0 aliphatic rings. The van der Waals surface area contributed by atoms with Gasteiger partial charge in [0.15, 0.2) is 0 Å². The van der Waals surface area contributed by atoms with E-state index in [1.54, 1.807) is 7.11 Å². The molecule has 0 radical (unpaired) electrons. The van der Waals surface area contributed by atoms with Crippen molar-refractivity contribution in [3.63, 3.8) is 0 Å². The number of nitrogens with zero attached hydrogens (tertiary/aromatic N) is 2. The molecular weight excluding hydrogens is 230 g/mol. The molecule has 0 bridgehead atoms. The second kappa shape index (κ2) is 5.18. The lowest BCUT2D eigenvalue weighted by molar-refractivity contribution is 0.379. The SMILES string of the molecule is COc1c(-c2noc(CN)n2)cccc1C(C)C. The Morgan fingerprint density at radius 3 is 2.72 bits per heavy atom. The molecule has 18 heavy (non-hydrogen) atoms. The molecule has 0 spiro atoms. The highest BCUT2D eigenvalue weighted by Gasteiger charge is 2.17. The Morgan fingerprint density at radius 1 is 1.39 bits per heavy atom. The number of hydrogen-bond donors (Lipinski definition) is 1. The van der Waals surface area contributed by atoms with Crippen LogP contribution in [-0.2, 0) is 6.54 Å². The maximum atomic E-state index is 5.48. The van der Waals surface area contributed by atoms with E-state index in [2.05, 4.69) is 24.0 Å². The van der Waals surface area contributed by atoms with E-state index in [4.69, 9.17) is 15.0 Å². The molecule has 0 saturated carbocycles. The summed E-state index contributed by atoms with van der Waals surface area (Å²) in [4.78, 5) is 4.23. The summed E-state index contributed by atoms with van der Waals surface area (Å²) >= 11 is 0. The van der Waals surface area contributed by atoms with Crippen molar-refractivity contribution in [3.8, 4) is 17.1 Å². The van der Waals surface area contributed by atoms with E-state index < -0.39 is 0 Å². The number of aromatic nitrogens is 2. The van der Waals surface area contributed by atoms with E-state index in [-0.39, 0.29) is 6.54 Å². The number of nitrogens with two attached hydrogens (primary N) is 1. The molecule has 0 amide bonds. The Bertz CT molecular complexity index is 535. The Morgan fingerprint density at radius 2 is 2.17 bits per heavy atom. The second-order valence-electron chi connectivity index (χ2n) is 4.30. The Balaban J connectivity index is 2.53. The molecule has 1 heterocycles. The van der Waals surface area contributed by atoms with Crippen molar-refractivity contribution in [2.45, 2.75) is 26.3 Å². The predicted octanol–water partition coefficient (Wildman–Crippen LogP) is 2.33. The molecule has 0 unspecified atom stereocenters. The Hall–Kier alpha value is -1.88. The van der Waals surface area contributed by atoms with Crippen molar-refractivity contribution < 1.29 is 9.26 Å². The Labute approximate surface area is 106 Å². The minimum absolute atomic E-state index is 0.235. The molecule has 2 rings (SSSR count). The molecule has 1 aromatic carbocycles. The standard InChI is InChI=1S/C13H17N3O2/c1-8(2)9-5-4-6-10(12(9)17-3)13-15-11(7-14)18-16-13/h4-6,8H,7,14H2,1-3H3. The first-order valence-electron chi connectivity index (χ1n) is 5.87. The van der Waals surface area contributed by atoms with Gasteiger partial charge in [0.1, 0.15) is 5.75 Å². The first-order valence-corrected chi connectivity index (χ1v) is 5.87. The highest BCUT2D eigenvalue weighted by atomic mass is 16.5. The summed E-state index contributed by atoms with van der Waals surface area (Å²) in [6.45, 7) is 4.46. The van der Waals surface area contributed by atoms with Crippen molar-refractivity contribution in [2.75, 3.05) is 7.11 Å². The molecule has 2 N–H and O–H groups in total. The number of methoxy groups -OCH3 is 1. The number of para-hydroxylation sites is 1. The second-order valence-corrected chi connectivity index (χ2v) is 4.30. The van der Waals surface area contributed by atoms with E-state index in [9.17, 15) is 0 Å². The molecule has 0 aliphatic carbocycles. The fourth-order valence-electron chi connectivity index (χ4n) is 1.86. The summed E-state index contributed by atoms with van der Waals surface area (Å²) in [6, 6.07) is 5.92. The van der Waals surface area contributed by atoms with Gasteiger partial charge in [-0.25, -0.2) is 0 Å². The largest absolute Gasteiger partial charge is 0.496 e. The monoisotopic (exact) mass is 247 g/mol. The zero-order chi connectivity index (χ0) is 13.1. The molecule has 1 aromatic heterocycles. The van der Waals surface area contributed by atoms with Gasteiger partial charge in [-0.3, -0.25) is 0 Å². The molecular formula is C13H17N3O2. The first kappa shape index (κ1) is 12.6. The van der Waals surface area contributed by atoms with Gasteiger partial charge in [0, 0.05) is 0 Å².